The molecule has 264 valence electrons. The average Bonchev–Trinajstić information content (AvgIpc) is 3.43. The van der Waals surface area contributed by atoms with E-state index in [1.807, 2.05) is 0 Å². The predicted molar refractivity (Wildman–Crippen MR) is 195 cm³/mol. The summed E-state index contributed by atoms with van der Waals surface area (Å²) in [7, 11) is -0.620. The highest BCUT2D eigenvalue weighted by molar-refractivity contribution is 7.80. The van der Waals surface area contributed by atoms with Gasteiger partial charge in [0.15, 0.2) is 10.2 Å². The summed E-state index contributed by atoms with van der Waals surface area (Å²) in [5, 5.41) is 15.9. The summed E-state index contributed by atoms with van der Waals surface area (Å²) in [5.41, 5.74) is -2.76. The van der Waals surface area contributed by atoms with Crippen molar-refractivity contribution < 1.29 is 26.3 Å². The molecular formula is C36H41F6N4PS2. The SMILES string of the molecule is CC1CC[C@@H]([C@@H](C)NC(=S)N[C@H]2CCCC[C@@H]2NC(=S)Nc2cc(C(F)(F)F)cc(C(F)(F)F)c2)C1P(c1ccccc1)c1ccccc1. The summed E-state index contributed by atoms with van der Waals surface area (Å²) in [6.07, 6.45) is -4.38. The third-order valence-electron chi connectivity index (χ3n) is 9.59. The van der Waals surface area contributed by atoms with Crippen LogP contribution in [0.1, 0.15) is 63.5 Å². The fraction of sp³-hybridized carbons (Fsp3) is 0.444. The first-order valence-corrected chi connectivity index (χ1v) is 18.8. The molecule has 13 heteroatoms. The van der Waals surface area contributed by atoms with Crippen LogP contribution < -0.4 is 31.9 Å². The van der Waals surface area contributed by atoms with Gasteiger partial charge in [-0.15, -0.1) is 0 Å². The van der Waals surface area contributed by atoms with Crippen LogP contribution in [0.3, 0.4) is 0 Å². The molecule has 3 aromatic carbocycles. The molecule has 0 saturated heterocycles. The van der Waals surface area contributed by atoms with Gasteiger partial charge < -0.3 is 21.3 Å². The summed E-state index contributed by atoms with van der Waals surface area (Å²) in [6.45, 7) is 4.54. The number of halogens is 6. The first-order chi connectivity index (χ1) is 23.2. The summed E-state index contributed by atoms with van der Waals surface area (Å²) in [4.78, 5) is 0. The monoisotopic (exact) mass is 738 g/mol. The van der Waals surface area contributed by atoms with Gasteiger partial charge in [-0.3, -0.25) is 0 Å². The molecule has 0 amide bonds. The summed E-state index contributed by atoms with van der Waals surface area (Å²) in [5.74, 6) is 0.916. The Morgan fingerprint density at radius 3 is 1.69 bits per heavy atom. The molecule has 2 aliphatic carbocycles. The Hall–Kier alpha value is -2.95. The number of rotatable bonds is 8. The van der Waals surface area contributed by atoms with E-state index in [0.717, 1.165) is 32.1 Å². The van der Waals surface area contributed by atoms with E-state index in [9.17, 15) is 26.3 Å². The van der Waals surface area contributed by atoms with Crippen molar-refractivity contribution in [3.63, 3.8) is 0 Å². The second kappa shape index (κ2) is 15.9. The molecule has 5 rings (SSSR count). The molecule has 0 heterocycles. The van der Waals surface area contributed by atoms with Gasteiger partial charge in [0, 0.05) is 23.8 Å². The van der Waals surface area contributed by atoms with Crippen LogP contribution in [0.25, 0.3) is 0 Å². The van der Waals surface area contributed by atoms with Gasteiger partial charge >= 0.3 is 12.4 Å². The van der Waals surface area contributed by atoms with E-state index in [1.54, 1.807) is 0 Å². The van der Waals surface area contributed by atoms with Crippen LogP contribution in [0.15, 0.2) is 78.9 Å². The maximum absolute atomic E-state index is 13.4. The predicted octanol–water partition coefficient (Wildman–Crippen LogP) is 8.72. The van der Waals surface area contributed by atoms with Crippen LogP contribution in [0, 0.1) is 11.8 Å². The average molecular weight is 739 g/mol. The van der Waals surface area contributed by atoms with Crippen LogP contribution >= 0.6 is 32.4 Å². The van der Waals surface area contributed by atoms with E-state index in [1.165, 1.54) is 10.6 Å². The van der Waals surface area contributed by atoms with E-state index in [2.05, 4.69) is 95.8 Å². The Bertz CT molecular complexity index is 1500. The number of thiocarbonyl (C=S) groups is 2. The van der Waals surface area contributed by atoms with E-state index in [0.29, 0.717) is 41.2 Å². The summed E-state index contributed by atoms with van der Waals surface area (Å²) in [6, 6.07) is 22.6. The summed E-state index contributed by atoms with van der Waals surface area (Å²) >= 11 is 11.2. The fourth-order valence-electron chi connectivity index (χ4n) is 7.24. The molecule has 4 nitrogen and oxygen atoms in total. The number of nitrogens with one attached hydrogen (secondary N) is 4. The van der Waals surface area contributed by atoms with Gasteiger partial charge in [-0.1, -0.05) is 80.4 Å². The molecule has 49 heavy (non-hydrogen) atoms. The minimum Gasteiger partial charge on any atom is -0.360 e. The lowest BCUT2D eigenvalue weighted by Gasteiger charge is -2.38. The molecule has 0 aliphatic heterocycles. The molecule has 6 atom stereocenters. The second-order valence-electron chi connectivity index (χ2n) is 13.0. The van der Waals surface area contributed by atoms with Gasteiger partial charge in [0.25, 0.3) is 0 Å². The molecule has 3 aromatic rings. The minimum atomic E-state index is -4.95. The van der Waals surface area contributed by atoms with Crippen LogP contribution in [0.4, 0.5) is 32.0 Å². The van der Waals surface area contributed by atoms with Crippen molar-refractivity contribution in [2.45, 2.75) is 88.5 Å². The smallest absolute Gasteiger partial charge is 0.360 e. The Balaban J connectivity index is 1.24. The lowest BCUT2D eigenvalue weighted by molar-refractivity contribution is -0.143. The number of anilines is 1. The quantitative estimate of drug-likeness (QED) is 0.105. The van der Waals surface area contributed by atoms with Gasteiger partial charge in [0.2, 0.25) is 0 Å². The van der Waals surface area contributed by atoms with Gasteiger partial charge in [-0.2, -0.15) is 26.3 Å². The number of hydrogen-bond donors (Lipinski definition) is 4. The van der Waals surface area contributed by atoms with Crippen molar-refractivity contribution in [3.05, 3.63) is 90.0 Å². The van der Waals surface area contributed by atoms with Crippen molar-refractivity contribution in [1.29, 1.82) is 0 Å². The number of alkyl halides is 6. The van der Waals surface area contributed by atoms with E-state index in [4.69, 9.17) is 24.4 Å². The van der Waals surface area contributed by atoms with E-state index in [-0.39, 0.29) is 29.3 Å². The van der Waals surface area contributed by atoms with Crippen molar-refractivity contribution >= 4 is 58.9 Å². The maximum atomic E-state index is 13.4. The lowest BCUT2D eigenvalue weighted by atomic mass is 9.90. The summed E-state index contributed by atoms with van der Waals surface area (Å²) < 4.78 is 80.2. The van der Waals surface area contributed by atoms with Crippen LogP contribution in [-0.4, -0.2) is 34.0 Å². The highest BCUT2D eigenvalue weighted by Gasteiger charge is 2.43. The molecule has 2 aliphatic rings. The molecule has 2 fully saturated rings. The molecule has 4 N–H and O–H groups in total. The van der Waals surface area contributed by atoms with Gasteiger partial charge in [0.1, 0.15) is 0 Å². The Labute approximate surface area is 296 Å². The van der Waals surface area contributed by atoms with Crippen molar-refractivity contribution in [2.75, 3.05) is 5.32 Å². The first-order valence-electron chi connectivity index (χ1n) is 16.5. The second-order valence-corrected chi connectivity index (χ2v) is 16.2. The zero-order valence-corrected chi connectivity index (χ0v) is 29.8. The molecule has 2 unspecified atom stereocenters. The fourth-order valence-corrected chi connectivity index (χ4v) is 11.3. The largest absolute Gasteiger partial charge is 0.416 e. The topological polar surface area (TPSA) is 48.1 Å². The highest BCUT2D eigenvalue weighted by atomic mass is 32.1. The van der Waals surface area contributed by atoms with Crippen molar-refractivity contribution in [2.24, 2.45) is 11.8 Å². The lowest BCUT2D eigenvalue weighted by Crippen LogP contribution is -2.57. The first kappa shape index (κ1) is 37.3. The van der Waals surface area contributed by atoms with E-state index >= 15 is 0 Å². The third kappa shape index (κ3) is 9.64. The third-order valence-corrected chi connectivity index (χ3v) is 13.2. The van der Waals surface area contributed by atoms with Gasteiger partial charge in [-0.25, -0.2) is 0 Å². The zero-order chi connectivity index (χ0) is 35.3. The molecular weight excluding hydrogens is 698 g/mol. The van der Waals surface area contributed by atoms with Crippen molar-refractivity contribution in [1.82, 2.24) is 16.0 Å². The Kier molecular flexibility index (Phi) is 12.1. The number of benzene rings is 3. The van der Waals surface area contributed by atoms with Gasteiger partial charge in [0.05, 0.1) is 11.1 Å². The highest BCUT2D eigenvalue weighted by Crippen LogP contribution is 2.53. The Morgan fingerprint density at radius 2 is 1.20 bits per heavy atom. The van der Waals surface area contributed by atoms with Crippen molar-refractivity contribution in [3.8, 4) is 0 Å². The number of hydrogen-bond acceptors (Lipinski definition) is 2. The molecule has 0 radical (unpaired) electrons. The standard InChI is InChI=1S/C36H41F6N4PS2/c1-22-17-18-29(32(22)47(27-11-5-3-6-12-27)28-13-7-4-8-14-28)23(2)43-33(48)45-30-15-9-10-16-31(30)46-34(49)44-26-20-24(35(37,38)39)19-25(21-26)36(40,41)42/h3-8,11-14,19-23,29-32H,9-10,15-18H2,1-2H3,(H2,43,45,48)(H2,44,46,49)/t22?,23-,29+,30+,31+,32?/m1/s1. The zero-order valence-electron chi connectivity index (χ0n) is 27.2. The van der Waals surface area contributed by atoms with Crippen LogP contribution in [0.5, 0.6) is 0 Å². The maximum Gasteiger partial charge on any atom is 0.416 e. The van der Waals surface area contributed by atoms with Crippen LogP contribution in [0.2, 0.25) is 0 Å². The molecule has 0 spiro atoms. The molecule has 0 aromatic heterocycles. The Morgan fingerprint density at radius 1 is 0.714 bits per heavy atom. The van der Waals surface area contributed by atoms with Gasteiger partial charge in [-0.05, 0) is 111 Å². The normalized spacial score (nSPS) is 23.5. The minimum absolute atomic E-state index is 0.0589. The molecule has 2 saturated carbocycles. The molecule has 0 bridgehead atoms. The van der Waals surface area contributed by atoms with Crippen LogP contribution in [-0.2, 0) is 12.4 Å². The van der Waals surface area contributed by atoms with E-state index < -0.39 is 37.1 Å².